The molecule has 0 radical (unpaired) electrons. The van der Waals surface area contributed by atoms with Crippen LogP contribution < -0.4 is 10.1 Å². The van der Waals surface area contributed by atoms with Gasteiger partial charge in [0, 0.05) is 31.9 Å². The number of nitrogens with zero attached hydrogens (tertiary/aromatic N) is 3. The first-order chi connectivity index (χ1) is 10.7. The zero-order valence-electron chi connectivity index (χ0n) is 14.0. The van der Waals surface area contributed by atoms with Gasteiger partial charge in [-0.15, -0.1) is 24.0 Å². The number of hydrogen-bond donors (Lipinski definition) is 1. The number of guanidine groups is 1. The first kappa shape index (κ1) is 18.3. The summed E-state index contributed by atoms with van der Waals surface area (Å²) in [5.41, 5.74) is 1.72. The normalized spacial score (nSPS) is 19.2. The van der Waals surface area contributed by atoms with Gasteiger partial charge in [0.1, 0.15) is 0 Å². The van der Waals surface area contributed by atoms with E-state index in [1.165, 1.54) is 32.2 Å². The van der Waals surface area contributed by atoms with Crippen molar-refractivity contribution in [1.29, 1.82) is 0 Å². The molecule has 2 fully saturated rings. The smallest absolute Gasteiger partial charge is 0.213 e. The van der Waals surface area contributed by atoms with Gasteiger partial charge in [-0.2, -0.15) is 0 Å². The molecule has 23 heavy (non-hydrogen) atoms. The van der Waals surface area contributed by atoms with Gasteiger partial charge in [-0.1, -0.05) is 6.42 Å². The summed E-state index contributed by atoms with van der Waals surface area (Å²) >= 11 is 0. The molecule has 1 saturated carbocycles. The lowest BCUT2D eigenvalue weighted by molar-refractivity contribution is 0.151. The molecular weight excluding hydrogens is 403 g/mol. The first-order valence-electron chi connectivity index (χ1n) is 8.27. The molecule has 5 nitrogen and oxygen atoms in total. The molecule has 1 aromatic rings. The van der Waals surface area contributed by atoms with E-state index in [4.69, 9.17) is 9.73 Å². The fraction of sp³-hybridized carbons (Fsp3) is 0.647. The van der Waals surface area contributed by atoms with Crippen LogP contribution in [0, 0.1) is 5.41 Å². The van der Waals surface area contributed by atoms with E-state index in [0.717, 1.165) is 24.6 Å². The Morgan fingerprint density at radius 3 is 2.87 bits per heavy atom. The van der Waals surface area contributed by atoms with Gasteiger partial charge >= 0.3 is 0 Å². The Morgan fingerprint density at radius 1 is 1.43 bits per heavy atom. The average molecular weight is 430 g/mol. The molecule has 0 bridgehead atoms. The highest BCUT2D eigenvalue weighted by Gasteiger charge is 2.43. The van der Waals surface area contributed by atoms with Crippen LogP contribution in [-0.2, 0) is 6.54 Å². The Labute approximate surface area is 155 Å². The van der Waals surface area contributed by atoms with Crippen LogP contribution >= 0.6 is 24.0 Å². The summed E-state index contributed by atoms with van der Waals surface area (Å²) in [7, 11) is 1.64. The zero-order valence-corrected chi connectivity index (χ0v) is 16.4. The lowest BCUT2D eigenvalue weighted by Gasteiger charge is -2.38. The quantitative estimate of drug-likeness (QED) is 0.453. The Hall–Kier alpha value is -1.05. The van der Waals surface area contributed by atoms with E-state index in [9.17, 15) is 0 Å². The number of ether oxygens (including phenoxy) is 1. The van der Waals surface area contributed by atoms with Gasteiger partial charge in [0.25, 0.3) is 0 Å². The standard InChI is InChI=1S/C17H26N4O.HI/c1-3-18-16(21-10-8-17(13-21)6-4-7-17)20-12-14-5-9-19-15(11-14)22-2;/h5,9,11H,3-4,6-8,10,12-13H2,1-2H3,(H,18,20);1H. The predicted molar refractivity (Wildman–Crippen MR) is 103 cm³/mol. The molecule has 0 aromatic carbocycles. The van der Waals surface area contributed by atoms with E-state index < -0.39 is 0 Å². The second kappa shape index (κ2) is 8.17. The van der Waals surface area contributed by atoms with Gasteiger partial charge in [0.2, 0.25) is 5.88 Å². The Balaban J connectivity index is 0.00000192. The molecule has 0 unspecified atom stereocenters. The Bertz CT molecular complexity index is 545. The number of pyridine rings is 1. The first-order valence-corrected chi connectivity index (χ1v) is 8.27. The maximum Gasteiger partial charge on any atom is 0.213 e. The van der Waals surface area contributed by atoms with Gasteiger partial charge in [0.15, 0.2) is 5.96 Å². The molecule has 0 atom stereocenters. The van der Waals surface area contributed by atoms with Crippen molar-refractivity contribution in [2.24, 2.45) is 10.4 Å². The third-order valence-electron chi connectivity index (χ3n) is 4.91. The maximum atomic E-state index is 5.17. The highest BCUT2D eigenvalue weighted by Crippen LogP contribution is 2.47. The average Bonchev–Trinajstić information content (AvgIpc) is 2.97. The summed E-state index contributed by atoms with van der Waals surface area (Å²) in [5, 5.41) is 3.44. The van der Waals surface area contributed by atoms with E-state index in [1.54, 1.807) is 13.3 Å². The second-order valence-electron chi connectivity index (χ2n) is 6.40. The van der Waals surface area contributed by atoms with E-state index in [1.807, 2.05) is 12.1 Å². The molecule has 2 heterocycles. The molecule has 3 rings (SSSR count). The molecule has 2 aliphatic rings. The number of rotatable bonds is 4. The minimum absolute atomic E-state index is 0. The Morgan fingerprint density at radius 2 is 2.26 bits per heavy atom. The van der Waals surface area contributed by atoms with Crippen LogP contribution in [0.3, 0.4) is 0 Å². The monoisotopic (exact) mass is 430 g/mol. The number of aromatic nitrogens is 1. The highest BCUT2D eigenvalue weighted by atomic mass is 127. The van der Waals surface area contributed by atoms with Crippen molar-refractivity contribution < 1.29 is 4.74 Å². The fourth-order valence-corrected chi connectivity index (χ4v) is 3.45. The summed E-state index contributed by atoms with van der Waals surface area (Å²) in [6, 6.07) is 3.94. The lowest BCUT2D eigenvalue weighted by Crippen LogP contribution is -2.42. The zero-order chi connectivity index (χ0) is 15.4. The fourth-order valence-electron chi connectivity index (χ4n) is 3.45. The summed E-state index contributed by atoms with van der Waals surface area (Å²) in [4.78, 5) is 11.4. The summed E-state index contributed by atoms with van der Waals surface area (Å²) in [5.74, 6) is 1.69. The predicted octanol–water partition coefficient (Wildman–Crippen LogP) is 3.05. The number of methoxy groups -OCH3 is 1. The molecule has 128 valence electrons. The van der Waals surface area contributed by atoms with Crippen LogP contribution in [0.5, 0.6) is 5.88 Å². The van der Waals surface area contributed by atoms with Gasteiger partial charge in [0.05, 0.1) is 13.7 Å². The van der Waals surface area contributed by atoms with Crippen molar-refractivity contribution in [1.82, 2.24) is 15.2 Å². The highest BCUT2D eigenvalue weighted by molar-refractivity contribution is 14.0. The minimum atomic E-state index is 0. The molecule has 1 aromatic heterocycles. The van der Waals surface area contributed by atoms with Crippen LogP contribution in [0.25, 0.3) is 0 Å². The lowest BCUT2D eigenvalue weighted by atomic mass is 9.68. The molecule has 1 spiro atoms. The van der Waals surface area contributed by atoms with Crippen LogP contribution in [-0.4, -0.2) is 42.6 Å². The van der Waals surface area contributed by atoms with E-state index >= 15 is 0 Å². The Kier molecular flexibility index (Phi) is 6.50. The topological polar surface area (TPSA) is 49.8 Å². The van der Waals surface area contributed by atoms with Crippen LogP contribution in [0.1, 0.15) is 38.2 Å². The number of halogens is 1. The molecule has 1 saturated heterocycles. The molecule has 1 aliphatic carbocycles. The number of hydrogen-bond acceptors (Lipinski definition) is 3. The number of likely N-dealkylation sites (tertiary alicyclic amines) is 1. The summed E-state index contributed by atoms with van der Waals surface area (Å²) < 4.78 is 5.17. The summed E-state index contributed by atoms with van der Waals surface area (Å²) in [6.07, 6.45) is 7.28. The van der Waals surface area contributed by atoms with Gasteiger partial charge < -0.3 is 15.0 Å². The van der Waals surface area contributed by atoms with Crippen molar-refractivity contribution in [2.75, 3.05) is 26.7 Å². The molecular formula is C17H27IN4O. The van der Waals surface area contributed by atoms with Crippen molar-refractivity contribution in [3.05, 3.63) is 23.9 Å². The van der Waals surface area contributed by atoms with Crippen molar-refractivity contribution in [3.8, 4) is 5.88 Å². The molecule has 0 amide bonds. The van der Waals surface area contributed by atoms with E-state index in [-0.39, 0.29) is 24.0 Å². The molecule has 6 heteroatoms. The second-order valence-corrected chi connectivity index (χ2v) is 6.40. The SMILES string of the molecule is CCNC(=NCc1ccnc(OC)c1)N1CCC2(CCC2)C1.I. The molecule has 1 aliphatic heterocycles. The third kappa shape index (κ3) is 4.28. The van der Waals surface area contributed by atoms with E-state index in [0.29, 0.717) is 17.8 Å². The van der Waals surface area contributed by atoms with Crippen molar-refractivity contribution >= 4 is 29.9 Å². The van der Waals surface area contributed by atoms with Gasteiger partial charge in [-0.05, 0) is 43.2 Å². The van der Waals surface area contributed by atoms with E-state index in [2.05, 4.69) is 22.1 Å². The number of nitrogens with one attached hydrogen (secondary N) is 1. The van der Waals surface area contributed by atoms with Crippen molar-refractivity contribution in [2.45, 2.75) is 39.2 Å². The maximum absolute atomic E-state index is 5.17. The van der Waals surface area contributed by atoms with Crippen LogP contribution in [0.2, 0.25) is 0 Å². The summed E-state index contributed by atoms with van der Waals surface area (Å²) in [6.45, 7) is 5.98. The van der Waals surface area contributed by atoms with Crippen LogP contribution in [0.4, 0.5) is 0 Å². The van der Waals surface area contributed by atoms with Crippen LogP contribution in [0.15, 0.2) is 23.3 Å². The third-order valence-corrected chi connectivity index (χ3v) is 4.91. The van der Waals surface area contributed by atoms with Gasteiger partial charge in [-0.3, -0.25) is 0 Å². The molecule has 1 N–H and O–H groups in total. The van der Waals surface area contributed by atoms with Gasteiger partial charge in [-0.25, -0.2) is 9.98 Å². The number of aliphatic imine (C=N–C) groups is 1. The van der Waals surface area contributed by atoms with Crippen molar-refractivity contribution in [3.63, 3.8) is 0 Å². The largest absolute Gasteiger partial charge is 0.481 e. The minimum Gasteiger partial charge on any atom is -0.481 e.